The third-order valence-corrected chi connectivity index (χ3v) is 2.16. The van der Waals surface area contributed by atoms with Crippen molar-refractivity contribution in [2.75, 3.05) is 0 Å². The molecule has 1 rings (SSSR count). The van der Waals surface area contributed by atoms with Crippen LogP contribution in [0.1, 0.15) is 17.4 Å². The lowest BCUT2D eigenvalue weighted by molar-refractivity contribution is 0.285. The van der Waals surface area contributed by atoms with Gasteiger partial charge in [-0.15, -0.1) is 11.3 Å². The van der Waals surface area contributed by atoms with Gasteiger partial charge in [-0.1, -0.05) is 0 Å². The molecule has 0 spiro atoms. The van der Waals surface area contributed by atoms with Crippen molar-refractivity contribution in [3.63, 3.8) is 0 Å². The number of aliphatic hydroxyl groups excluding tert-OH is 1. The molecule has 2 N–H and O–H groups in total. The predicted octanol–water partition coefficient (Wildman–Crippen LogP) is 1.63. The minimum atomic E-state index is 0.0813. The molecule has 0 unspecified atom stereocenters. The molecule has 0 aliphatic heterocycles. The topological polar surface area (TPSA) is 44.1 Å². The van der Waals surface area contributed by atoms with E-state index in [1.165, 1.54) is 11.3 Å². The third kappa shape index (κ3) is 1.43. The van der Waals surface area contributed by atoms with Gasteiger partial charge >= 0.3 is 0 Å². The van der Waals surface area contributed by atoms with Crippen LogP contribution in [-0.4, -0.2) is 10.8 Å². The molecule has 10 heavy (non-hydrogen) atoms. The summed E-state index contributed by atoms with van der Waals surface area (Å²) in [6.07, 6.45) is 0. The van der Waals surface area contributed by atoms with Gasteiger partial charge in [0.25, 0.3) is 0 Å². The molecule has 2 nitrogen and oxygen atoms in total. The minimum absolute atomic E-state index is 0.0813. The second kappa shape index (κ2) is 2.94. The second-order valence-electron chi connectivity index (χ2n) is 2.08. The van der Waals surface area contributed by atoms with Gasteiger partial charge in [0, 0.05) is 21.5 Å². The number of rotatable bonds is 2. The van der Waals surface area contributed by atoms with Crippen LogP contribution in [0.15, 0.2) is 11.4 Å². The van der Waals surface area contributed by atoms with Crippen molar-refractivity contribution in [3.8, 4) is 0 Å². The van der Waals surface area contributed by atoms with Crippen LogP contribution in [-0.2, 0) is 6.61 Å². The van der Waals surface area contributed by atoms with E-state index in [2.05, 4.69) is 0 Å². The molecule has 0 aromatic carbocycles. The van der Waals surface area contributed by atoms with Gasteiger partial charge in [0.05, 0.1) is 6.61 Å². The van der Waals surface area contributed by atoms with Gasteiger partial charge in [0.2, 0.25) is 0 Å². The maximum atomic E-state index is 8.67. The molecule has 54 valence electrons. The Hall–Kier alpha value is -0.670. The first-order chi connectivity index (χ1) is 4.74. The van der Waals surface area contributed by atoms with E-state index in [1.807, 2.05) is 11.4 Å². The van der Waals surface area contributed by atoms with Gasteiger partial charge < -0.3 is 10.5 Å². The molecule has 0 saturated carbocycles. The van der Waals surface area contributed by atoms with Crippen LogP contribution < -0.4 is 0 Å². The van der Waals surface area contributed by atoms with Crippen molar-refractivity contribution < 1.29 is 5.11 Å². The zero-order chi connectivity index (χ0) is 7.56. The Morgan fingerprint density at radius 3 is 2.80 bits per heavy atom. The maximum Gasteiger partial charge on any atom is 0.0774 e. The number of hydrogen-bond donors (Lipinski definition) is 2. The smallest absolute Gasteiger partial charge is 0.0774 e. The van der Waals surface area contributed by atoms with Crippen molar-refractivity contribution in [3.05, 3.63) is 21.9 Å². The summed E-state index contributed by atoms with van der Waals surface area (Å²) < 4.78 is 0. The molecule has 1 heterocycles. The highest BCUT2D eigenvalue weighted by Gasteiger charge is 1.98. The van der Waals surface area contributed by atoms with Gasteiger partial charge in [0.15, 0.2) is 0 Å². The Bertz CT molecular complexity index is 242. The fourth-order valence-corrected chi connectivity index (χ4v) is 1.45. The molecular formula is C7H9NOS. The standard InChI is InChI=1S/C7H9NOS/c1-5(8)6-2-7(3-9)10-4-6/h2,4,8-9H,3H2,1H3. The van der Waals surface area contributed by atoms with Crippen molar-refractivity contribution >= 4 is 17.0 Å². The summed E-state index contributed by atoms with van der Waals surface area (Å²) in [5.74, 6) is 0. The average Bonchev–Trinajstić information content (AvgIpc) is 2.34. The van der Waals surface area contributed by atoms with E-state index in [-0.39, 0.29) is 6.61 Å². The van der Waals surface area contributed by atoms with E-state index >= 15 is 0 Å². The molecule has 0 aliphatic rings. The first-order valence-corrected chi connectivity index (χ1v) is 3.86. The Morgan fingerprint density at radius 1 is 1.80 bits per heavy atom. The zero-order valence-corrected chi connectivity index (χ0v) is 6.53. The quantitative estimate of drug-likeness (QED) is 0.626. The minimum Gasteiger partial charge on any atom is -0.391 e. The normalized spacial score (nSPS) is 9.80. The van der Waals surface area contributed by atoms with Gasteiger partial charge in [0.1, 0.15) is 0 Å². The van der Waals surface area contributed by atoms with Crippen LogP contribution in [0.2, 0.25) is 0 Å². The summed E-state index contributed by atoms with van der Waals surface area (Å²) in [6.45, 7) is 1.82. The van der Waals surface area contributed by atoms with E-state index < -0.39 is 0 Å². The highest BCUT2D eigenvalue weighted by atomic mass is 32.1. The summed E-state index contributed by atoms with van der Waals surface area (Å²) >= 11 is 1.49. The largest absolute Gasteiger partial charge is 0.391 e. The van der Waals surface area contributed by atoms with Gasteiger partial charge in [-0.2, -0.15) is 0 Å². The van der Waals surface area contributed by atoms with Crippen LogP contribution in [0.5, 0.6) is 0 Å². The zero-order valence-electron chi connectivity index (χ0n) is 5.72. The molecule has 0 saturated heterocycles. The predicted molar refractivity (Wildman–Crippen MR) is 42.7 cm³/mol. The molecular weight excluding hydrogens is 146 g/mol. The molecule has 0 bridgehead atoms. The second-order valence-corrected chi connectivity index (χ2v) is 3.08. The number of aliphatic hydroxyl groups is 1. The van der Waals surface area contributed by atoms with E-state index in [9.17, 15) is 0 Å². The van der Waals surface area contributed by atoms with E-state index in [0.717, 1.165) is 10.4 Å². The Morgan fingerprint density at radius 2 is 2.50 bits per heavy atom. The molecule has 0 atom stereocenters. The molecule has 1 aromatic heterocycles. The molecule has 0 aliphatic carbocycles. The monoisotopic (exact) mass is 155 g/mol. The lowest BCUT2D eigenvalue weighted by Crippen LogP contribution is -1.86. The fourth-order valence-electron chi connectivity index (χ4n) is 0.660. The summed E-state index contributed by atoms with van der Waals surface area (Å²) in [4.78, 5) is 0.918. The van der Waals surface area contributed by atoms with Crippen LogP contribution in [0, 0.1) is 5.41 Å². The van der Waals surface area contributed by atoms with Gasteiger partial charge in [-0.3, -0.25) is 0 Å². The first-order valence-electron chi connectivity index (χ1n) is 2.98. The van der Waals surface area contributed by atoms with Gasteiger partial charge in [-0.05, 0) is 13.0 Å². The lowest BCUT2D eigenvalue weighted by Gasteiger charge is -1.86. The van der Waals surface area contributed by atoms with Crippen LogP contribution in [0.25, 0.3) is 0 Å². The van der Waals surface area contributed by atoms with Crippen LogP contribution in [0.3, 0.4) is 0 Å². The van der Waals surface area contributed by atoms with Crippen molar-refractivity contribution in [1.82, 2.24) is 0 Å². The highest BCUT2D eigenvalue weighted by molar-refractivity contribution is 7.10. The van der Waals surface area contributed by atoms with Crippen LogP contribution >= 0.6 is 11.3 Å². The van der Waals surface area contributed by atoms with Crippen molar-refractivity contribution in [2.24, 2.45) is 0 Å². The number of nitrogens with one attached hydrogen (secondary N) is 1. The molecule has 1 aromatic rings. The average molecular weight is 155 g/mol. The van der Waals surface area contributed by atoms with E-state index in [4.69, 9.17) is 10.5 Å². The van der Waals surface area contributed by atoms with Crippen molar-refractivity contribution in [1.29, 1.82) is 5.41 Å². The molecule has 0 amide bonds. The summed E-state index contributed by atoms with van der Waals surface area (Å²) in [6, 6.07) is 1.84. The summed E-state index contributed by atoms with van der Waals surface area (Å²) in [5, 5.41) is 17.8. The Labute approximate surface area is 63.6 Å². The molecule has 3 heteroatoms. The summed E-state index contributed by atoms with van der Waals surface area (Å²) in [5.41, 5.74) is 1.46. The maximum absolute atomic E-state index is 8.67. The van der Waals surface area contributed by atoms with E-state index in [0.29, 0.717) is 5.71 Å². The van der Waals surface area contributed by atoms with Gasteiger partial charge in [-0.25, -0.2) is 0 Å². The fraction of sp³-hybridized carbons (Fsp3) is 0.286. The molecule has 0 fully saturated rings. The van der Waals surface area contributed by atoms with Crippen LogP contribution in [0.4, 0.5) is 0 Å². The molecule has 0 radical (unpaired) electrons. The Balaban J connectivity index is 2.88. The van der Waals surface area contributed by atoms with Crippen molar-refractivity contribution in [2.45, 2.75) is 13.5 Å². The first kappa shape index (κ1) is 7.44. The number of hydrogen-bond acceptors (Lipinski definition) is 3. The third-order valence-electron chi connectivity index (χ3n) is 1.24. The van der Waals surface area contributed by atoms with E-state index in [1.54, 1.807) is 6.92 Å². The highest BCUT2D eigenvalue weighted by Crippen LogP contribution is 2.14. The number of thiophene rings is 1. The Kier molecular flexibility index (Phi) is 2.19. The lowest BCUT2D eigenvalue weighted by atomic mass is 10.2. The SMILES string of the molecule is CC(=N)c1csc(CO)c1. The summed E-state index contributed by atoms with van der Waals surface area (Å²) in [7, 11) is 0.